The molecule has 10 unspecified atom stereocenters. The second-order valence-corrected chi connectivity index (χ2v) is 6.42. The van der Waals surface area contributed by atoms with Crippen molar-refractivity contribution in [2.24, 2.45) is 0 Å². The standard InChI is InChI=1S/C15H28O11/c1-2-3-23-14-12(21)11(20)9(18)7(26-14)5-24-15-13(22)10(19)8(17)6(4-16)25-15/h6-22H,2-5H2,1H3. The molecule has 2 aliphatic rings. The third-order valence-electron chi connectivity index (χ3n) is 4.43. The Kier molecular flexibility index (Phi) is 8.12. The fourth-order valence-corrected chi connectivity index (χ4v) is 2.82. The van der Waals surface area contributed by atoms with E-state index < -0.39 is 68.0 Å². The normalized spacial score (nSPS) is 47.1. The van der Waals surface area contributed by atoms with Crippen LogP contribution < -0.4 is 0 Å². The largest absolute Gasteiger partial charge is 0.394 e. The summed E-state index contributed by atoms with van der Waals surface area (Å²) < 4.78 is 21.2. The van der Waals surface area contributed by atoms with Crippen molar-refractivity contribution in [3.63, 3.8) is 0 Å². The highest BCUT2D eigenvalue weighted by molar-refractivity contribution is 4.91. The van der Waals surface area contributed by atoms with Crippen LogP contribution in [0.3, 0.4) is 0 Å². The van der Waals surface area contributed by atoms with Crippen molar-refractivity contribution in [1.82, 2.24) is 0 Å². The topological polar surface area (TPSA) is 179 Å². The van der Waals surface area contributed by atoms with E-state index in [4.69, 9.17) is 24.1 Å². The number of hydrogen-bond donors (Lipinski definition) is 7. The minimum absolute atomic E-state index is 0.269. The van der Waals surface area contributed by atoms with E-state index in [1.54, 1.807) is 0 Å². The summed E-state index contributed by atoms with van der Waals surface area (Å²) in [6, 6.07) is 0. The van der Waals surface area contributed by atoms with E-state index in [9.17, 15) is 30.6 Å². The summed E-state index contributed by atoms with van der Waals surface area (Å²) in [7, 11) is 0. The Bertz CT molecular complexity index is 422. The molecule has 2 rings (SSSR count). The predicted octanol–water partition coefficient (Wildman–Crippen LogP) is -3.96. The monoisotopic (exact) mass is 384 g/mol. The van der Waals surface area contributed by atoms with Gasteiger partial charge in [0, 0.05) is 6.61 Å². The van der Waals surface area contributed by atoms with Crippen molar-refractivity contribution in [3.8, 4) is 0 Å². The van der Waals surface area contributed by atoms with Crippen LogP contribution in [0.1, 0.15) is 13.3 Å². The smallest absolute Gasteiger partial charge is 0.186 e. The van der Waals surface area contributed by atoms with E-state index >= 15 is 0 Å². The van der Waals surface area contributed by atoms with Gasteiger partial charge >= 0.3 is 0 Å². The molecule has 2 aliphatic heterocycles. The first-order valence-electron chi connectivity index (χ1n) is 8.55. The van der Waals surface area contributed by atoms with Crippen molar-refractivity contribution in [1.29, 1.82) is 0 Å². The van der Waals surface area contributed by atoms with E-state index in [1.807, 2.05) is 6.92 Å². The van der Waals surface area contributed by atoms with E-state index in [0.29, 0.717) is 6.42 Å². The lowest BCUT2D eigenvalue weighted by Gasteiger charge is -2.42. The predicted molar refractivity (Wildman–Crippen MR) is 82.6 cm³/mol. The van der Waals surface area contributed by atoms with Gasteiger partial charge in [-0.15, -0.1) is 0 Å². The fraction of sp³-hybridized carbons (Fsp3) is 1.00. The second-order valence-electron chi connectivity index (χ2n) is 6.42. The zero-order valence-corrected chi connectivity index (χ0v) is 14.4. The molecule has 0 radical (unpaired) electrons. The van der Waals surface area contributed by atoms with Crippen molar-refractivity contribution < 1.29 is 54.7 Å². The van der Waals surface area contributed by atoms with Gasteiger partial charge in [0.05, 0.1) is 13.2 Å². The first-order valence-corrected chi connectivity index (χ1v) is 8.55. The summed E-state index contributed by atoms with van der Waals surface area (Å²) in [6.07, 6.45) is -13.4. The SMILES string of the molecule is CCCOC1OC(COC2OC(CO)C(O)C(O)C2O)C(O)C(O)C1O. The molecule has 0 saturated carbocycles. The molecule has 11 nitrogen and oxygen atoms in total. The molecule has 7 N–H and O–H groups in total. The van der Waals surface area contributed by atoms with Crippen LogP contribution in [0, 0.1) is 0 Å². The van der Waals surface area contributed by atoms with Crippen molar-refractivity contribution in [2.45, 2.75) is 74.8 Å². The molecule has 2 saturated heterocycles. The van der Waals surface area contributed by atoms with Crippen LogP contribution in [0.5, 0.6) is 0 Å². The number of hydrogen-bond acceptors (Lipinski definition) is 11. The number of aliphatic hydroxyl groups is 7. The number of rotatable bonds is 7. The minimum Gasteiger partial charge on any atom is -0.394 e. The highest BCUT2D eigenvalue weighted by Crippen LogP contribution is 2.25. The first kappa shape index (κ1) is 21.9. The van der Waals surface area contributed by atoms with Gasteiger partial charge in [-0.05, 0) is 6.42 Å². The van der Waals surface area contributed by atoms with Crippen LogP contribution in [0.2, 0.25) is 0 Å². The molecule has 0 bridgehead atoms. The quantitative estimate of drug-likeness (QED) is 0.228. The highest BCUT2D eigenvalue weighted by Gasteiger charge is 2.47. The molecule has 0 amide bonds. The molecule has 154 valence electrons. The van der Waals surface area contributed by atoms with Gasteiger partial charge < -0.3 is 54.7 Å². The molecule has 0 aromatic carbocycles. The molecule has 26 heavy (non-hydrogen) atoms. The zero-order valence-electron chi connectivity index (χ0n) is 14.4. The summed E-state index contributed by atoms with van der Waals surface area (Å²) in [5.74, 6) is 0. The van der Waals surface area contributed by atoms with E-state index in [1.165, 1.54) is 0 Å². The molecule has 2 heterocycles. The zero-order chi connectivity index (χ0) is 19.4. The Morgan fingerprint density at radius 3 is 1.73 bits per heavy atom. The van der Waals surface area contributed by atoms with Gasteiger partial charge in [-0.3, -0.25) is 0 Å². The average Bonchev–Trinajstić information content (AvgIpc) is 2.64. The van der Waals surface area contributed by atoms with E-state index in [0.717, 1.165) is 0 Å². The van der Waals surface area contributed by atoms with E-state index in [2.05, 4.69) is 0 Å². The molecular weight excluding hydrogens is 356 g/mol. The van der Waals surface area contributed by atoms with Crippen LogP contribution in [-0.4, -0.2) is 117 Å². The summed E-state index contributed by atoms with van der Waals surface area (Å²) in [6.45, 7) is 1.13. The van der Waals surface area contributed by atoms with Gasteiger partial charge in [0.15, 0.2) is 12.6 Å². The Morgan fingerprint density at radius 2 is 1.19 bits per heavy atom. The molecular formula is C15H28O11. The molecule has 10 atom stereocenters. The molecule has 0 aromatic rings. The van der Waals surface area contributed by atoms with Gasteiger partial charge in [-0.1, -0.05) is 6.92 Å². The lowest BCUT2D eigenvalue weighted by Crippen LogP contribution is -2.61. The van der Waals surface area contributed by atoms with Crippen molar-refractivity contribution in [2.75, 3.05) is 19.8 Å². The second kappa shape index (κ2) is 9.66. The molecule has 11 heteroatoms. The minimum atomic E-state index is -1.60. The third-order valence-corrected chi connectivity index (χ3v) is 4.43. The van der Waals surface area contributed by atoms with Gasteiger partial charge in [-0.2, -0.15) is 0 Å². The van der Waals surface area contributed by atoms with Crippen molar-refractivity contribution >= 4 is 0 Å². The fourth-order valence-electron chi connectivity index (χ4n) is 2.82. The summed E-state index contributed by atoms with van der Waals surface area (Å²) in [5, 5.41) is 68.4. The maximum atomic E-state index is 10.0. The van der Waals surface area contributed by atoms with Gasteiger partial charge in [0.1, 0.15) is 48.8 Å². The lowest BCUT2D eigenvalue weighted by molar-refractivity contribution is -0.331. The Hall–Kier alpha value is -0.440. The first-order chi connectivity index (χ1) is 12.3. The molecule has 0 aliphatic carbocycles. The van der Waals surface area contributed by atoms with Crippen LogP contribution in [0.25, 0.3) is 0 Å². The van der Waals surface area contributed by atoms with Crippen LogP contribution >= 0.6 is 0 Å². The number of ether oxygens (including phenoxy) is 4. The Morgan fingerprint density at radius 1 is 0.692 bits per heavy atom. The highest BCUT2D eigenvalue weighted by atomic mass is 16.7. The number of aliphatic hydroxyl groups excluding tert-OH is 7. The van der Waals surface area contributed by atoms with Gasteiger partial charge in [0.25, 0.3) is 0 Å². The summed E-state index contributed by atoms with van der Waals surface area (Å²) >= 11 is 0. The molecule has 0 spiro atoms. The van der Waals surface area contributed by atoms with Crippen molar-refractivity contribution in [3.05, 3.63) is 0 Å². The van der Waals surface area contributed by atoms with Gasteiger partial charge in [0.2, 0.25) is 0 Å². The Labute approximate surface area is 150 Å². The maximum absolute atomic E-state index is 10.0. The van der Waals surface area contributed by atoms with Gasteiger partial charge in [-0.25, -0.2) is 0 Å². The van der Waals surface area contributed by atoms with Crippen LogP contribution in [-0.2, 0) is 18.9 Å². The molecule has 0 aromatic heterocycles. The molecule has 2 fully saturated rings. The summed E-state index contributed by atoms with van der Waals surface area (Å²) in [5.41, 5.74) is 0. The van der Waals surface area contributed by atoms with E-state index in [-0.39, 0.29) is 13.2 Å². The lowest BCUT2D eigenvalue weighted by atomic mass is 9.98. The maximum Gasteiger partial charge on any atom is 0.186 e. The van der Waals surface area contributed by atoms with Crippen LogP contribution in [0.15, 0.2) is 0 Å². The average molecular weight is 384 g/mol. The van der Waals surface area contributed by atoms with Crippen LogP contribution in [0.4, 0.5) is 0 Å². The Balaban J connectivity index is 1.96. The summed E-state index contributed by atoms with van der Waals surface area (Å²) in [4.78, 5) is 0. The third kappa shape index (κ3) is 4.69.